The summed E-state index contributed by atoms with van der Waals surface area (Å²) in [6.07, 6.45) is 0. The Hall–Kier alpha value is -0.0600. The SMILES string of the molecule is COCC(=O)CN1CCSCC1C. The van der Waals surface area contributed by atoms with Crippen molar-refractivity contribution >= 4 is 17.5 Å². The molecule has 0 saturated carbocycles. The van der Waals surface area contributed by atoms with Crippen LogP contribution in [0.25, 0.3) is 0 Å². The number of carbonyl (C=O) groups excluding carboxylic acids is 1. The average Bonchev–Trinajstić information content (AvgIpc) is 2.09. The van der Waals surface area contributed by atoms with Gasteiger partial charge in [-0.3, -0.25) is 9.69 Å². The van der Waals surface area contributed by atoms with Crippen molar-refractivity contribution in [2.75, 3.05) is 38.3 Å². The van der Waals surface area contributed by atoms with Gasteiger partial charge in [-0.1, -0.05) is 0 Å². The molecule has 0 spiro atoms. The van der Waals surface area contributed by atoms with Crippen LogP contribution in [-0.2, 0) is 9.53 Å². The van der Waals surface area contributed by atoms with Crippen molar-refractivity contribution in [3.05, 3.63) is 0 Å². The first-order valence-electron chi connectivity index (χ1n) is 4.56. The third kappa shape index (κ3) is 3.67. The highest BCUT2D eigenvalue weighted by atomic mass is 32.2. The fourth-order valence-corrected chi connectivity index (χ4v) is 2.51. The Bertz CT molecular complexity index is 175. The van der Waals surface area contributed by atoms with Crippen LogP contribution in [0.2, 0.25) is 0 Å². The summed E-state index contributed by atoms with van der Waals surface area (Å²) in [7, 11) is 1.56. The van der Waals surface area contributed by atoms with Gasteiger partial charge in [0.05, 0.1) is 6.54 Å². The molecular formula is C9H17NO2S. The minimum Gasteiger partial charge on any atom is -0.377 e. The van der Waals surface area contributed by atoms with Crippen LogP contribution >= 0.6 is 11.8 Å². The van der Waals surface area contributed by atoms with E-state index in [0.717, 1.165) is 18.1 Å². The Balaban J connectivity index is 2.29. The predicted molar refractivity (Wildman–Crippen MR) is 55.2 cm³/mol. The summed E-state index contributed by atoms with van der Waals surface area (Å²) in [5, 5.41) is 0. The van der Waals surface area contributed by atoms with Gasteiger partial charge in [0.2, 0.25) is 0 Å². The number of hydrogen-bond donors (Lipinski definition) is 0. The summed E-state index contributed by atoms with van der Waals surface area (Å²) < 4.78 is 4.80. The number of nitrogens with zero attached hydrogens (tertiary/aromatic N) is 1. The van der Waals surface area contributed by atoms with Gasteiger partial charge in [0.25, 0.3) is 0 Å². The van der Waals surface area contributed by atoms with Crippen LogP contribution in [0, 0.1) is 0 Å². The van der Waals surface area contributed by atoms with E-state index in [1.807, 2.05) is 11.8 Å². The van der Waals surface area contributed by atoms with Gasteiger partial charge in [-0.25, -0.2) is 0 Å². The molecule has 1 fully saturated rings. The zero-order valence-corrected chi connectivity index (χ0v) is 9.10. The molecule has 1 unspecified atom stereocenters. The molecule has 4 heteroatoms. The van der Waals surface area contributed by atoms with Gasteiger partial charge >= 0.3 is 0 Å². The Morgan fingerprint density at radius 3 is 3.08 bits per heavy atom. The number of methoxy groups -OCH3 is 1. The molecule has 1 atom stereocenters. The van der Waals surface area contributed by atoms with Crippen molar-refractivity contribution in [1.82, 2.24) is 4.90 Å². The first-order valence-corrected chi connectivity index (χ1v) is 5.72. The number of thioether (sulfide) groups is 1. The van der Waals surface area contributed by atoms with Crippen molar-refractivity contribution < 1.29 is 9.53 Å². The van der Waals surface area contributed by atoms with Crippen LogP contribution in [-0.4, -0.2) is 55.0 Å². The number of Topliss-reactive ketones (excluding diaryl/α,β-unsaturated/α-hetero) is 1. The maximum atomic E-state index is 11.3. The van der Waals surface area contributed by atoms with Crippen LogP contribution in [0.4, 0.5) is 0 Å². The molecule has 1 aliphatic heterocycles. The first-order chi connectivity index (χ1) is 6.24. The van der Waals surface area contributed by atoms with Crippen LogP contribution < -0.4 is 0 Å². The number of ketones is 1. The minimum absolute atomic E-state index is 0.182. The van der Waals surface area contributed by atoms with E-state index in [2.05, 4.69) is 11.8 Å². The van der Waals surface area contributed by atoms with E-state index >= 15 is 0 Å². The van der Waals surface area contributed by atoms with Gasteiger partial charge in [0.1, 0.15) is 6.61 Å². The summed E-state index contributed by atoms with van der Waals surface area (Å²) in [6.45, 7) is 4.00. The topological polar surface area (TPSA) is 29.5 Å². The summed E-state index contributed by atoms with van der Waals surface area (Å²) in [5.74, 6) is 2.46. The second-order valence-corrected chi connectivity index (χ2v) is 4.52. The van der Waals surface area contributed by atoms with Gasteiger partial charge in [-0.2, -0.15) is 11.8 Å². The fourth-order valence-electron chi connectivity index (χ4n) is 1.43. The molecule has 76 valence electrons. The van der Waals surface area contributed by atoms with Crippen LogP contribution in [0.15, 0.2) is 0 Å². The van der Waals surface area contributed by atoms with Crippen molar-refractivity contribution in [3.63, 3.8) is 0 Å². The number of ether oxygens (including phenoxy) is 1. The molecule has 1 heterocycles. The van der Waals surface area contributed by atoms with E-state index in [9.17, 15) is 4.79 Å². The molecule has 3 nitrogen and oxygen atoms in total. The first kappa shape index (κ1) is 11.0. The quantitative estimate of drug-likeness (QED) is 0.670. The third-order valence-corrected chi connectivity index (χ3v) is 3.38. The maximum absolute atomic E-state index is 11.3. The minimum atomic E-state index is 0.182. The molecule has 0 radical (unpaired) electrons. The Morgan fingerprint density at radius 2 is 2.46 bits per heavy atom. The smallest absolute Gasteiger partial charge is 0.172 e. The highest BCUT2D eigenvalue weighted by Gasteiger charge is 2.20. The number of carbonyl (C=O) groups is 1. The van der Waals surface area contributed by atoms with Gasteiger partial charge in [-0.15, -0.1) is 0 Å². The molecule has 1 saturated heterocycles. The Kier molecular flexibility index (Phi) is 4.77. The van der Waals surface area contributed by atoms with Gasteiger partial charge < -0.3 is 4.74 Å². The Labute approximate surface area is 83.8 Å². The second-order valence-electron chi connectivity index (χ2n) is 3.37. The van der Waals surface area contributed by atoms with E-state index < -0.39 is 0 Å². The molecule has 1 rings (SSSR count). The summed E-state index contributed by atoms with van der Waals surface area (Å²) in [6, 6.07) is 0.527. The zero-order chi connectivity index (χ0) is 9.68. The molecule has 0 aromatic rings. The number of rotatable bonds is 4. The van der Waals surface area contributed by atoms with Crippen LogP contribution in [0.3, 0.4) is 0 Å². The lowest BCUT2D eigenvalue weighted by atomic mass is 10.2. The molecule has 0 N–H and O–H groups in total. The molecule has 0 aromatic carbocycles. The van der Waals surface area contributed by atoms with Crippen molar-refractivity contribution in [3.8, 4) is 0 Å². The second kappa shape index (κ2) is 5.62. The van der Waals surface area contributed by atoms with Crippen molar-refractivity contribution in [2.24, 2.45) is 0 Å². The maximum Gasteiger partial charge on any atom is 0.172 e. The van der Waals surface area contributed by atoms with Gasteiger partial charge in [0.15, 0.2) is 5.78 Å². The molecule has 1 aliphatic rings. The largest absolute Gasteiger partial charge is 0.377 e. The Morgan fingerprint density at radius 1 is 1.69 bits per heavy atom. The lowest BCUT2D eigenvalue weighted by molar-refractivity contribution is -0.124. The third-order valence-electron chi connectivity index (χ3n) is 2.19. The zero-order valence-electron chi connectivity index (χ0n) is 8.28. The fraction of sp³-hybridized carbons (Fsp3) is 0.889. The van der Waals surface area contributed by atoms with Crippen LogP contribution in [0.1, 0.15) is 6.92 Å². The lowest BCUT2D eigenvalue weighted by Gasteiger charge is -2.32. The number of hydrogen-bond acceptors (Lipinski definition) is 4. The van der Waals surface area contributed by atoms with E-state index in [0.29, 0.717) is 12.6 Å². The van der Waals surface area contributed by atoms with Gasteiger partial charge in [0, 0.05) is 31.2 Å². The van der Waals surface area contributed by atoms with E-state index in [1.54, 1.807) is 7.11 Å². The summed E-state index contributed by atoms with van der Waals surface area (Å²) in [4.78, 5) is 13.5. The lowest BCUT2D eigenvalue weighted by Crippen LogP contribution is -2.43. The van der Waals surface area contributed by atoms with E-state index in [4.69, 9.17) is 4.74 Å². The standard InChI is InChI=1S/C9H17NO2S/c1-8-7-13-4-3-10(8)5-9(11)6-12-2/h8H,3-7H2,1-2H3. The van der Waals surface area contributed by atoms with Crippen molar-refractivity contribution in [2.45, 2.75) is 13.0 Å². The molecular weight excluding hydrogens is 186 g/mol. The molecule has 0 amide bonds. The van der Waals surface area contributed by atoms with E-state index in [1.165, 1.54) is 0 Å². The average molecular weight is 203 g/mol. The summed E-state index contributed by atoms with van der Waals surface area (Å²) >= 11 is 1.96. The van der Waals surface area contributed by atoms with E-state index in [-0.39, 0.29) is 12.4 Å². The molecule has 13 heavy (non-hydrogen) atoms. The monoisotopic (exact) mass is 203 g/mol. The van der Waals surface area contributed by atoms with Crippen molar-refractivity contribution in [1.29, 1.82) is 0 Å². The summed E-state index contributed by atoms with van der Waals surface area (Å²) in [5.41, 5.74) is 0. The van der Waals surface area contributed by atoms with Gasteiger partial charge in [-0.05, 0) is 6.92 Å². The van der Waals surface area contributed by atoms with Crippen LogP contribution in [0.5, 0.6) is 0 Å². The highest BCUT2D eigenvalue weighted by molar-refractivity contribution is 7.99. The molecule has 0 bridgehead atoms. The normalized spacial score (nSPS) is 24.6. The highest BCUT2D eigenvalue weighted by Crippen LogP contribution is 2.15. The molecule has 0 aromatic heterocycles. The molecule has 0 aliphatic carbocycles. The predicted octanol–water partition coefficient (Wildman–Crippen LogP) is 0.639.